The van der Waals surface area contributed by atoms with Crippen LogP contribution in [0.15, 0.2) is 42.5 Å². The Kier molecular flexibility index (Phi) is 4.93. The molecule has 0 unspecified atom stereocenters. The molecule has 2 aromatic carbocycles. The summed E-state index contributed by atoms with van der Waals surface area (Å²) in [4.78, 5) is 14.5. The van der Waals surface area contributed by atoms with Crippen molar-refractivity contribution < 1.29 is 23.8 Å². The number of halogens is 2. The van der Waals surface area contributed by atoms with Crippen molar-refractivity contribution in [1.82, 2.24) is 4.90 Å². The van der Waals surface area contributed by atoms with Gasteiger partial charge < -0.3 is 10.2 Å². The third-order valence-electron chi connectivity index (χ3n) is 6.01. The summed E-state index contributed by atoms with van der Waals surface area (Å²) in [6, 6.07) is 10.0. The van der Waals surface area contributed by atoms with Crippen molar-refractivity contribution in [2.75, 3.05) is 19.6 Å². The predicted molar refractivity (Wildman–Crippen MR) is 100 cm³/mol. The van der Waals surface area contributed by atoms with Gasteiger partial charge >= 0.3 is 0 Å². The number of phenolic OH excluding ortho intramolecular Hbond substituents is 1. The van der Waals surface area contributed by atoms with Crippen LogP contribution in [0.3, 0.4) is 0 Å². The molecule has 0 amide bonds. The molecule has 2 aromatic rings. The van der Waals surface area contributed by atoms with Crippen LogP contribution in [0.2, 0.25) is 0 Å². The average Bonchev–Trinajstić information content (AvgIpc) is 3.12. The summed E-state index contributed by atoms with van der Waals surface area (Å²) in [5, 5.41) is 20.3. The van der Waals surface area contributed by atoms with Gasteiger partial charge in [0.1, 0.15) is 5.75 Å². The normalized spacial score (nSPS) is 27.1. The van der Waals surface area contributed by atoms with E-state index in [2.05, 4.69) is 4.90 Å². The lowest BCUT2D eigenvalue weighted by molar-refractivity contribution is 0.0355. The number of carbonyl (C=O) groups excluding carboxylic acids is 1. The lowest BCUT2D eigenvalue weighted by Gasteiger charge is -2.26. The Balaban J connectivity index is 1.34. The maximum Gasteiger partial charge on any atom is 0.176 e. The molecule has 6 heteroatoms. The Morgan fingerprint density at radius 2 is 1.68 bits per heavy atom. The molecule has 1 aliphatic carbocycles. The summed E-state index contributed by atoms with van der Waals surface area (Å²) in [5.41, 5.74) is 0.262. The van der Waals surface area contributed by atoms with Crippen molar-refractivity contribution in [2.24, 2.45) is 11.8 Å². The van der Waals surface area contributed by atoms with Crippen molar-refractivity contribution in [3.63, 3.8) is 0 Å². The minimum absolute atomic E-state index is 0.0111. The highest BCUT2D eigenvalue weighted by Crippen LogP contribution is 2.45. The summed E-state index contributed by atoms with van der Waals surface area (Å²) in [5.74, 6) is -1.04. The summed E-state index contributed by atoms with van der Waals surface area (Å²) in [6.45, 7) is 1.81. The molecule has 1 heterocycles. The third-order valence-corrected chi connectivity index (χ3v) is 6.01. The Morgan fingerprint density at radius 1 is 1.04 bits per heavy atom. The number of aromatic hydroxyl groups is 1. The zero-order valence-electron chi connectivity index (χ0n) is 15.4. The Morgan fingerprint density at radius 3 is 2.29 bits per heavy atom. The van der Waals surface area contributed by atoms with Crippen molar-refractivity contribution in [3.8, 4) is 5.75 Å². The van der Waals surface area contributed by atoms with Crippen molar-refractivity contribution in [1.29, 1.82) is 0 Å². The first-order valence-electron chi connectivity index (χ1n) is 9.52. The maximum atomic E-state index is 13.4. The molecule has 4 nitrogen and oxygen atoms in total. The van der Waals surface area contributed by atoms with E-state index in [1.165, 1.54) is 18.2 Å². The van der Waals surface area contributed by atoms with Gasteiger partial charge in [-0.2, -0.15) is 0 Å². The zero-order valence-corrected chi connectivity index (χ0v) is 15.4. The number of nitrogens with zero attached hydrogens (tertiary/aromatic N) is 1. The lowest BCUT2D eigenvalue weighted by Crippen LogP contribution is -2.34. The van der Waals surface area contributed by atoms with E-state index < -0.39 is 17.2 Å². The van der Waals surface area contributed by atoms with Gasteiger partial charge in [-0.3, -0.25) is 9.69 Å². The molecule has 2 aliphatic rings. The van der Waals surface area contributed by atoms with Gasteiger partial charge in [-0.15, -0.1) is 0 Å². The van der Waals surface area contributed by atoms with Crippen molar-refractivity contribution in [2.45, 2.75) is 24.9 Å². The van der Waals surface area contributed by atoms with Crippen LogP contribution in [0.5, 0.6) is 5.75 Å². The number of hydrogen-bond acceptors (Lipinski definition) is 4. The number of rotatable bonds is 5. The largest absolute Gasteiger partial charge is 0.508 e. The first-order valence-corrected chi connectivity index (χ1v) is 9.52. The van der Waals surface area contributed by atoms with Gasteiger partial charge in [0.05, 0.1) is 12.1 Å². The van der Waals surface area contributed by atoms with Crippen LogP contribution in [-0.4, -0.2) is 46.1 Å². The van der Waals surface area contributed by atoms with E-state index in [0.717, 1.165) is 25.2 Å². The van der Waals surface area contributed by atoms with Crippen LogP contribution >= 0.6 is 0 Å². The maximum absolute atomic E-state index is 13.4. The Labute approximate surface area is 162 Å². The SMILES string of the molecule is O=C(CN1C[C@@H]2C[C@](O)(Cc3ccc(F)c(F)c3)C[C@@H]2C1)c1ccc(O)cc1. The Hall–Kier alpha value is -2.31. The van der Waals surface area contributed by atoms with Crippen LogP contribution < -0.4 is 0 Å². The number of aliphatic hydroxyl groups is 1. The van der Waals surface area contributed by atoms with E-state index in [4.69, 9.17) is 0 Å². The molecule has 1 saturated heterocycles. The van der Waals surface area contributed by atoms with E-state index >= 15 is 0 Å². The standard InChI is InChI=1S/C22H23F2NO3/c23-19-6-1-14(7-20(19)24)8-22(28)9-16-11-25(12-17(16)10-22)13-21(27)15-2-4-18(26)5-3-15/h1-7,16-17,26,28H,8-13H2/t16-,17+,22+. The third kappa shape index (κ3) is 3.93. The number of benzene rings is 2. The van der Waals surface area contributed by atoms with E-state index in [9.17, 15) is 23.8 Å². The van der Waals surface area contributed by atoms with Crippen LogP contribution in [0.4, 0.5) is 8.78 Å². The molecule has 3 atom stereocenters. The molecule has 148 valence electrons. The first-order chi connectivity index (χ1) is 13.3. The summed E-state index contributed by atoms with van der Waals surface area (Å²) >= 11 is 0. The van der Waals surface area contributed by atoms with Gasteiger partial charge in [-0.25, -0.2) is 8.78 Å². The summed E-state index contributed by atoms with van der Waals surface area (Å²) in [7, 11) is 0. The van der Waals surface area contributed by atoms with Gasteiger partial charge in [-0.05, 0) is 66.6 Å². The molecule has 2 N–H and O–H groups in total. The van der Waals surface area contributed by atoms with Crippen LogP contribution in [0.25, 0.3) is 0 Å². The number of ketones is 1. The highest BCUT2D eigenvalue weighted by molar-refractivity contribution is 5.97. The molecule has 0 spiro atoms. The van der Waals surface area contributed by atoms with E-state index in [-0.39, 0.29) is 11.5 Å². The number of carbonyl (C=O) groups is 1. The number of Topliss-reactive ketones (excluding diaryl/α,β-unsaturated/α-hetero) is 1. The quantitative estimate of drug-likeness (QED) is 0.774. The molecule has 4 rings (SSSR count). The number of hydrogen-bond donors (Lipinski definition) is 2. The monoisotopic (exact) mass is 387 g/mol. The first kappa shape index (κ1) is 19.0. The molecule has 28 heavy (non-hydrogen) atoms. The van der Waals surface area contributed by atoms with Crippen LogP contribution in [-0.2, 0) is 6.42 Å². The lowest BCUT2D eigenvalue weighted by atomic mass is 9.91. The van der Waals surface area contributed by atoms with Crippen LogP contribution in [0.1, 0.15) is 28.8 Å². The highest BCUT2D eigenvalue weighted by Gasteiger charge is 2.48. The van der Waals surface area contributed by atoms with Gasteiger partial charge in [0, 0.05) is 25.1 Å². The molecular formula is C22H23F2NO3. The second-order valence-electron chi connectivity index (χ2n) is 8.24. The fourth-order valence-corrected chi connectivity index (χ4v) is 4.80. The van der Waals surface area contributed by atoms with E-state index in [1.54, 1.807) is 12.1 Å². The predicted octanol–water partition coefficient (Wildman–Crippen LogP) is 3.17. The Bertz CT molecular complexity index is 870. The molecule has 1 saturated carbocycles. The molecule has 0 bridgehead atoms. The highest BCUT2D eigenvalue weighted by atomic mass is 19.2. The molecule has 2 fully saturated rings. The number of phenols is 1. The number of fused-ring (bicyclic) bond motifs is 1. The van der Waals surface area contributed by atoms with Crippen LogP contribution in [0, 0.1) is 23.5 Å². The minimum atomic E-state index is -0.910. The van der Waals surface area contributed by atoms with E-state index in [0.29, 0.717) is 48.8 Å². The van der Waals surface area contributed by atoms with Gasteiger partial charge in [-0.1, -0.05) is 6.07 Å². The van der Waals surface area contributed by atoms with Crippen molar-refractivity contribution in [3.05, 3.63) is 65.2 Å². The average molecular weight is 387 g/mol. The molecular weight excluding hydrogens is 364 g/mol. The molecule has 0 radical (unpaired) electrons. The van der Waals surface area contributed by atoms with Gasteiger partial charge in [0.15, 0.2) is 17.4 Å². The molecule has 0 aromatic heterocycles. The summed E-state index contributed by atoms with van der Waals surface area (Å²) in [6.07, 6.45) is 1.50. The van der Waals surface area contributed by atoms with Gasteiger partial charge in [0.2, 0.25) is 0 Å². The second kappa shape index (κ2) is 7.26. The van der Waals surface area contributed by atoms with Crippen molar-refractivity contribution >= 4 is 5.78 Å². The fraction of sp³-hybridized carbons (Fsp3) is 0.409. The summed E-state index contributed by atoms with van der Waals surface area (Å²) < 4.78 is 26.5. The van der Waals surface area contributed by atoms with E-state index in [1.807, 2.05) is 0 Å². The second-order valence-corrected chi connectivity index (χ2v) is 8.24. The minimum Gasteiger partial charge on any atom is -0.508 e. The smallest absolute Gasteiger partial charge is 0.176 e. The van der Waals surface area contributed by atoms with Gasteiger partial charge in [0.25, 0.3) is 0 Å². The zero-order chi connectivity index (χ0) is 19.9. The topological polar surface area (TPSA) is 60.8 Å². The molecule has 1 aliphatic heterocycles. The number of likely N-dealkylation sites (tertiary alicyclic amines) is 1. The fourth-order valence-electron chi connectivity index (χ4n) is 4.80.